The lowest BCUT2D eigenvalue weighted by Gasteiger charge is -2.02. The predicted molar refractivity (Wildman–Crippen MR) is 40.1 cm³/mol. The van der Waals surface area contributed by atoms with E-state index in [0.717, 1.165) is 12.4 Å². The maximum Gasteiger partial charge on any atom is 0.0350 e. The van der Waals surface area contributed by atoms with Crippen LogP contribution in [0.1, 0.15) is 0 Å². The van der Waals surface area contributed by atoms with Crippen molar-refractivity contribution >= 4 is 24.0 Å². The first-order chi connectivity index (χ1) is 2.77. The van der Waals surface area contributed by atoms with Crippen molar-refractivity contribution in [3.8, 4) is 0 Å². The lowest BCUT2D eigenvalue weighted by molar-refractivity contribution is 0.436. The predicted octanol–water partition coefficient (Wildman–Crippen LogP) is 0.384. The first-order valence-electron chi connectivity index (χ1n) is 1.98. The molecule has 0 aliphatic rings. The molecular formula is C4H13Cl2NO. The quantitative estimate of drug-likeness (QED) is 0.540. The summed E-state index contributed by atoms with van der Waals surface area (Å²) in [5.74, 6) is 0.729. The van der Waals surface area contributed by atoms with Gasteiger partial charge in [-0.05, 0) is 14.1 Å². The molecule has 2 N–H and O–H groups in total. The van der Waals surface area contributed by atoms with E-state index in [9.17, 15) is 0 Å². The Hall–Kier alpha value is 0.500. The van der Waals surface area contributed by atoms with Crippen LogP contribution in [0.5, 0.6) is 0 Å². The van der Waals surface area contributed by atoms with E-state index >= 15 is 0 Å². The molecule has 8 heavy (non-hydrogen) atoms. The third-order valence-corrected chi connectivity index (χ3v) is 0.701. The highest BCUT2D eigenvalue weighted by Crippen LogP contribution is 1.75. The molecule has 0 amide bonds. The molecule has 0 aliphatic carbocycles. The molecule has 0 rings (SSSR count). The average molecular weight is 162 g/mol. The summed E-state index contributed by atoms with van der Waals surface area (Å²) in [5.41, 5.74) is 0. The Kier molecular flexibility index (Phi) is 20.7. The summed E-state index contributed by atoms with van der Waals surface area (Å²) < 4.78 is 0. The molecule has 0 saturated heterocycles. The summed E-state index contributed by atoms with van der Waals surface area (Å²) >= 11 is 5.35. The molecule has 0 aromatic rings. The zero-order valence-electron chi connectivity index (χ0n) is 5.15. The van der Waals surface area contributed by atoms with Gasteiger partial charge in [0.25, 0.3) is 0 Å². The van der Waals surface area contributed by atoms with Gasteiger partial charge in [0.15, 0.2) is 0 Å². The van der Waals surface area contributed by atoms with Crippen LogP contribution >= 0.6 is 24.0 Å². The fourth-order valence-electron chi connectivity index (χ4n) is 0.169. The smallest absolute Gasteiger partial charge is 0.0350 e. The van der Waals surface area contributed by atoms with Crippen LogP contribution in [0.15, 0.2) is 0 Å². The van der Waals surface area contributed by atoms with E-state index in [1.807, 2.05) is 19.0 Å². The first kappa shape index (κ1) is 15.8. The summed E-state index contributed by atoms with van der Waals surface area (Å²) in [7, 11) is 4.00. The molecule has 54 valence electrons. The van der Waals surface area contributed by atoms with Crippen molar-refractivity contribution in [2.75, 3.05) is 26.5 Å². The van der Waals surface area contributed by atoms with E-state index in [1.54, 1.807) is 0 Å². The van der Waals surface area contributed by atoms with E-state index in [0.29, 0.717) is 0 Å². The largest absolute Gasteiger partial charge is 0.412 e. The van der Waals surface area contributed by atoms with Gasteiger partial charge in [0.2, 0.25) is 0 Å². The summed E-state index contributed by atoms with van der Waals surface area (Å²) in [5, 5.41) is 0. The second kappa shape index (κ2) is 10.5. The molecule has 0 unspecified atom stereocenters. The van der Waals surface area contributed by atoms with E-state index < -0.39 is 0 Å². The normalized spacial score (nSPS) is 7.50. The van der Waals surface area contributed by atoms with E-state index in [-0.39, 0.29) is 17.9 Å². The van der Waals surface area contributed by atoms with Gasteiger partial charge in [-0.2, -0.15) is 0 Å². The van der Waals surface area contributed by atoms with Gasteiger partial charge in [-0.1, -0.05) is 0 Å². The standard InChI is InChI=1S/C4H10ClN.ClH.H2O/c1-6(2)4-3-5;;/h3-4H2,1-2H3;1H;1H2. The third-order valence-electron chi connectivity index (χ3n) is 0.532. The van der Waals surface area contributed by atoms with Crippen LogP contribution in [-0.2, 0) is 0 Å². The van der Waals surface area contributed by atoms with Crippen LogP contribution < -0.4 is 0 Å². The number of hydrogen-bond acceptors (Lipinski definition) is 1. The van der Waals surface area contributed by atoms with Crippen LogP contribution in [-0.4, -0.2) is 36.9 Å². The number of alkyl halides is 1. The number of nitrogens with zero attached hydrogens (tertiary/aromatic N) is 1. The van der Waals surface area contributed by atoms with Gasteiger partial charge in [-0.3, -0.25) is 0 Å². The molecule has 0 radical (unpaired) electrons. The van der Waals surface area contributed by atoms with Gasteiger partial charge in [-0.15, -0.1) is 24.0 Å². The maximum absolute atomic E-state index is 5.35. The lowest BCUT2D eigenvalue weighted by atomic mass is 10.7. The van der Waals surface area contributed by atoms with Crippen molar-refractivity contribution in [3.63, 3.8) is 0 Å². The average Bonchev–Trinajstić information content (AvgIpc) is 1.35. The number of hydrogen-bond donors (Lipinski definition) is 0. The van der Waals surface area contributed by atoms with Gasteiger partial charge in [0.05, 0.1) is 0 Å². The number of rotatable bonds is 2. The van der Waals surface area contributed by atoms with Gasteiger partial charge >= 0.3 is 0 Å². The van der Waals surface area contributed by atoms with Crippen LogP contribution in [0.3, 0.4) is 0 Å². The molecule has 0 atom stereocenters. The Bertz CT molecular complexity index is 35.2. The second-order valence-electron chi connectivity index (χ2n) is 1.49. The highest BCUT2D eigenvalue weighted by atomic mass is 35.5. The monoisotopic (exact) mass is 161 g/mol. The van der Waals surface area contributed by atoms with Crippen molar-refractivity contribution < 1.29 is 5.48 Å². The second-order valence-corrected chi connectivity index (χ2v) is 1.87. The molecule has 0 bridgehead atoms. The lowest BCUT2D eigenvalue weighted by Crippen LogP contribution is -2.13. The molecular weight excluding hydrogens is 149 g/mol. The Morgan fingerprint density at radius 3 is 1.75 bits per heavy atom. The number of halogens is 2. The van der Waals surface area contributed by atoms with Crippen LogP contribution in [0.4, 0.5) is 0 Å². The van der Waals surface area contributed by atoms with Crippen molar-refractivity contribution in [2.24, 2.45) is 0 Å². The molecule has 0 aliphatic heterocycles. The first-order valence-corrected chi connectivity index (χ1v) is 2.51. The molecule has 0 aromatic carbocycles. The molecule has 4 heteroatoms. The highest BCUT2D eigenvalue weighted by Gasteiger charge is 1.81. The minimum absolute atomic E-state index is 0. The maximum atomic E-state index is 5.35. The van der Waals surface area contributed by atoms with Crippen molar-refractivity contribution in [2.45, 2.75) is 0 Å². The summed E-state index contributed by atoms with van der Waals surface area (Å²) in [4.78, 5) is 2.05. The summed E-state index contributed by atoms with van der Waals surface area (Å²) in [6, 6.07) is 0. The highest BCUT2D eigenvalue weighted by molar-refractivity contribution is 6.18. The van der Waals surface area contributed by atoms with E-state index in [1.165, 1.54) is 0 Å². The van der Waals surface area contributed by atoms with Crippen LogP contribution in [0.2, 0.25) is 0 Å². The SMILES string of the molecule is CN(C)CCCl.Cl.O. The Morgan fingerprint density at radius 2 is 1.75 bits per heavy atom. The van der Waals surface area contributed by atoms with Crippen LogP contribution in [0.25, 0.3) is 0 Å². The van der Waals surface area contributed by atoms with E-state index in [2.05, 4.69) is 0 Å². The van der Waals surface area contributed by atoms with E-state index in [4.69, 9.17) is 11.6 Å². The zero-order chi connectivity index (χ0) is 4.99. The molecule has 0 saturated carbocycles. The van der Waals surface area contributed by atoms with Gasteiger partial charge in [-0.25, -0.2) is 0 Å². The molecule has 0 heterocycles. The van der Waals surface area contributed by atoms with Crippen molar-refractivity contribution in [1.29, 1.82) is 0 Å². The van der Waals surface area contributed by atoms with Gasteiger partial charge in [0, 0.05) is 12.4 Å². The topological polar surface area (TPSA) is 34.7 Å². The minimum atomic E-state index is 0. The van der Waals surface area contributed by atoms with Gasteiger partial charge < -0.3 is 10.4 Å². The Labute approximate surface area is 61.5 Å². The molecule has 2 nitrogen and oxygen atoms in total. The van der Waals surface area contributed by atoms with Crippen LogP contribution in [0, 0.1) is 0 Å². The molecule has 0 spiro atoms. The zero-order valence-corrected chi connectivity index (χ0v) is 6.72. The van der Waals surface area contributed by atoms with Crippen molar-refractivity contribution in [3.05, 3.63) is 0 Å². The summed E-state index contributed by atoms with van der Waals surface area (Å²) in [6.45, 7) is 0.974. The molecule has 0 aromatic heterocycles. The summed E-state index contributed by atoms with van der Waals surface area (Å²) in [6.07, 6.45) is 0. The fraction of sp³-hybridized carbons (Fsp3) is 1.00. The Balaban J connectivity index is -0.000000125. The van der Waals surface area contributed by atoms with Gasteiger partial charge in [0.1, 0.15) is 0 Å². The third kappa shape index (κ3) is 16.1. The van der Waals surface area contributed by atoms with Crippen molar-refractivity contribution in [1.82, 2.24) is 4.90 Å². The Morgan fingerprint density at radius 1 is 1.38 bits per heavy atom. The minimum Gasteiger partial charge on any atom is -0.412 e. The fourth-order valence-corrected chi connectivity index (χ4v) is 0.507. The molecule has 0 fully saturated rings.